The number of carbonyl (C=O) groups excluding carboxylic acids is 3. The first kappa shape index (κ1) is 26.6. The fraction of sp³-hybridized carbons (Fsp3) is 0.690. The molecular formula is C29H37F3N4O3. The fourth-order valence-electron chi connectivity index (χ4n) is 7.19. The maximum Gasteiger partial charge on any atom is 0.393 e. The van der Waals surface area contributed by atoms with Crippen LogP contribution in [0.2, 0.25) is 0 Å². The van der Waals surface area contributed by atoms with E-state index in [0.29, 0.717) is 25.1 Å². The lowest BCUT2D eigenvalue weighted by atomic mass is 9.88. The summed E-state index contributed by atoms with van der Waals surface area (Å²) in [5.74, 6) is -1.34. The number of alkyl halides is 3. The summed E-state index contributed by atoms with van der Waals surface area (Å²) in [6.45, 7) is 1.88. The molecule has 3 aliphatic heterocycles. The second-order valence-corrected chi connectivity index (χ2v) is 12.1. The number of fused-ring (bicyclic) bond motifs is 1. The zero-order valence-corrected chi connectivity index (χ0v) is 22.2. The van der Waals surface area contributed by atoms with Gasteiger partial charge in [-0.2, -0.15) is 13.2 Å². The minimum atomic E-state index is -4.11. The monoisotopic (exact) mass is 546 g/mol. The molecule has 2 saturated carbocycles. The van der Waals surface area contributed by atoms with Gasteiger partial charge < -0.3 is 9.80 Å². The molecule has 0 radical (unpaired) electrons. The third-order valence-corrected chi connectivity index (χ3v) is 9.65. The molecule has 212 valence electrons. The molecule has 0 bridgehead atoms. The van der Waals surface area contributed by atoms with Gasteiger partial charge in [-0.15, -0.1) is 0 Å². The van der Waals surface area contributed by atoms with Crippen molar-refractivity contribution in [1.29, 1.82) is 0 Å². The van der Waals surface area contributed by atoms with Crippen LogP contribution in [0, 0.1) is 11.8 Å². The Morgan fingerprint density at radius 2 is 1.74 bits per heavy atom. The van der Waals surface area contributed by atoms with Crippen molar-refractivity contribution in [3.8, 4) is 0 Å². The van der Waals surface area contributed by atoms with Crippen LogP contribution < -0.4 is 10.2 Å². The Morgan fingerprint density at radius 3 is 2.41 bits per heavy atom. The molecule has 39 heavy (non-hydrogen) atoms. The predicted molar refractivity (Wildman–Crippen MR) is 139 cm³/mol. The molecular weight excluding hydrogens is 509 g/mol. The number of nitrogens with zero attached hydrogens (tertiary/aromatic N) is 3. The third-order valence-electron chi connectivity index (χ3n) is 9.65. The number of benzene rings is 1. The molecule has 0 aromatic heterocycles. The normalized spacial score (nSPS) is 30.0. The van der Waals surface area contributed by atoms with Crippen LogP contribution in [0.15, 0.2) is 18.2 Å². The fourth-order valence-corrected chi connectivity index (χ4v) is 7.19. The Morgan fingerprint density at radius 1 is 0.974 bits per heavy atom. The molecule has 2 aliphatic carbocycles. The summed E-state index contributed by atoms with van der Waals surface area (Å²) in [5, 5.41) is 2.37. The summed E-state index contributed by atoms with van der Waals surface area (Å²) in [6.07, 6.45) is 3.83. The molecule has 3 amide bonds. The van der Waals surface area contributed by atoms with E-state index >= 15 is 0 Å². The Kier molecular flexibility index (Phi) is 7.10. The van der Waals surface area contributed by atoms with E-state index in [4.69, 9.17) is 0 Å². The molecule has 1 N–H and O–H groups in total. The number of nitrogens with one attached hydrogen (secondary N) is 1. The van der Waals surface area contributed by atoms with Gasteiger partial charge >= 0.3 is 6.18 Å². The summed E-state index contributed by atoms with van der Waals surface area (Å²) in [6, 6.07) is 5.64. The highest BCUT2D eigenvalue weighted by atomic mass is 19.4. The van der Waals surface area contributed by atoms with E-state index in [0.717, 1.165) is 55.8 Å². The standard InChI is InChI=1S/C29H37F3N4O3/c30-29(31,32)19-13-14-34(16-19)20-6-8-21(9-7-20)35(15-12-18-4-5-18)24-3-1-2-22-23(24)17-36(28(22)39)25-10-11-26(37)33-27(25)38/h1-3,18-21,25H,4-17H2,(H,33,37,38)/t19-,20?,21?,25?/m0/s1. The van der Waals surface area contributed by atoms with Crippen molar-refractivity contribution in [2.24, 2.45) is 11.8 Å². The SMILES string of the molecule is O=C1CCC(N2Cc3c(cccc3N(CCC3CC3)C3CCC(N4CC[C@H](C(F)(F)F)C4)CC3)C2=O)C(=O)N1. The lowest BCUT2D eigenvalue weighted by Gasteiger charge is -2.41. The van der Waals surface area contributed by atoms with E-state index in [1.165, 1.54) is 12.8 Å². The molecule has 4 fully saturated rings. The molecule has 2 saturated heterocycles. The van der Waals surface area contributed by atoms with Gasteiger partial charge in [0.1, 0.15) is 6.04 Å². The lowest BCUT2D eigenvalue weighted by molar-refractivity contribution is -0.171. The van der Waals surface area contributed by atoms with Gasteiger partial charge in [-0.25, -0.2) is 0 Å². The maximum absolute atomic E-state index is 13.4. The quantitative estimate of drug-likeness (QED) is 0.518. The van der Waals surface area contributed by atoms with E-state index in [9.17, 15) is 27.6 Å². The number of piperidine rings is 1. The van der Waals surface area contributed by atoms with Gasteiger partial charge in [-0.1, -0.05) is 18.9 Å². The van der Waals surface area contributed by atoms with Crippen LogP contribution in [0.4, 0.5) is 18.9 Å². The van der Waals surface area contributed by atoms with E-state index in [2.05, 4.69) is 21.2 Å². The van der Waals surface area contributed by atoms with Crippen LogP contribution in [0.5, 0.6) is 0 Å². The number of rotatable bonds is 7. The first-order valence-electron chi connectivity index (χ1n) is 14.5. The largest absolute Gasteiger partial charge is 0.393 e. The van der Waals surface area contributed by atoms with Crippen LogP contribution in [-0.2, 0) is 16.1 Å². The van der Waals surface area contributed by atoms with Crippen molar-refractivity contribution in [1.82, 2.24) is 15.1 Å². The van der Waals surface area contributed by atoms with Crippen LogP contribution >= 0.6 is 0 Å². The summed E-state index contributed by atoms with van der Waals surface area (Å²) in [4.78, 5) is 43.7. The average Bonchev–Trinajstić information content (AvgIpc) is 3.47. The number of hydrogen-bond donors (Lipinski definition) is 1. The summed E-state index contributed by atoms with van der Waals surface area (Å²) < 4.78 is 39.7. The number of amides is 3. The van der Waals surface area contributed by atoms with Gasteiger partial charge in [0, 0.05) is 55.0 Å². The molecule has 7 nitrogen and oxygen atoms in total. The van der Waals surface area contributed by atoms with Gasteiger partial charge in [-0.3, -0.25) is 24.6 Å². The lowest BCUT2D eigenvalue weighted by Crippen LogP contribution is -2.52. The number of likely N-dealkylation sites (tertiary alicyclic amines) is 1. The second kappa shape index (κ2) is 10.4. The number of carbonyl (C=O) groups is 3. The Balaban J connectivity index is 1.18. The number of hydrogen-bond acceptors (Lipinski definition) is 5. The first-order chi connectivity index (χ1) is 18.7. The van der Waals surface area contributed by atoms with Gasteiger partial charge in [-0.05, 0) is 69.5 Å². The minimum absolute atomic E-state index is 0.120. The summed E-state index contributed by atoms with van der Waals surface area (Å²) in [5.41, 5.74) is 2.60. The van der Waals surface area contributed by atoms with Gasteiger partial charge in [0.15, 0.2) is 0 Å². The van der Waals surface area contributed by atoms with Crippen molar-refractivity contribution in [3.63, 3.8) is 0 Å². The molecule has 3 heterocycles. The molecule has 5 aliphatic rings. The first-order valence-corrected chi connectivity index (χ1v) is 14.5. The highest BCUT2D eigenvalue weighted by molar-refractivity contribution is 6.06. The van der Waals surface area contributed by atoms with E-state index in [-0.39, 0.29) is 43.3 Å². The van der Waals surface area contributed by atoms with Crippen LogP contribution in [0.25, 0.3) is 0 Å². The molecule has 1 aromatic rings. The van der Waals surface area contributed by atoms with E-state index in [1.54, 1.807) is 4.90 Å². The van der Waals surface area contributed by atoms with Crippen molar-refractivity contribution in [2.75, 3.05) is 24.5 Å². The third kappa shape index (κ3) is 5.41. The smallest absolute Gasteiger partial charge is 0.368 e. The van der Waals surface area contributed by atoms with Crippen molar-refractivity contribution < 1.29 is 27.6 Å². The Hall–Kier alpha value is -2.62. The second-order valence-electron chi connectivity index (χ2n) is 12.1. The molecule has 2 atom stereocenters. The molecule has 6 rings (SSSR count). The van der Waals surface area contributed by atoms with Crippen LogP contribution in [-0.4, -0.2) is 71.5 Å². The van der Waals surface area contributed by atoms with Crippen molar-refractivity contribution in [3.05, 3.63) is 29.3 Å². The number of halogens is 3. The molecule has 10 heteroatoms. The highest BCUT2D eigenvalue weighted by Gasteiger charge is 2.46. The average molecular weight is 547 g/mol. The van der Waals surface area contributed by atoms with Crippen LogP contribution in [0.1, 0.15) is 80.1 Å². The molecule has 0 spiro atoms. The number of imide groups is 1. The van der Waals surface area contributed by atoms with Crippen molar-refractivity contribution in [2.45, 2.75) is 95.1 Å². The van der Waals surface area contributed by atoms with Gasteiger partial charge in [0.25, 0.3) is 5.91 Å². The summed E-state index contributed by atoms with van der Waals surface area (Å²) in [7, 11) is 0. The molecule has 1 aromatic carbocycles. The Bertz CT molecular complexity index is 1130. The number of anilines is 1. The topological polar surface area (TPSA) is 73.0 Å². The van der Waals surface area contributed by atoms with Crippen LogP contribution in [0.3, 0.4) is 0 Å². The zero-order valence-electron chi connectivity index (χ0n) is 22.2. The maximum atomic E-state index is 13.4. The minimum Gasteiger partial charge on any atom is -0.368 e. The predicted octanol–water partition coefficient (Wildman–Crippen LogP) is 4.25. The van der Waals surface area contributed by atoms with E-state index < -0.39 is 24.0 Å². The summed E-state index contributed by atoms with van der Waals surface area (Å²) >= 11 is 0. The molecule has 1 unspecified atom stereocenters. The van der Waals surface area contributed by atoms with E-state index in [1.807, 2.05) is 12.1 Å². The van der Waals surface area contributed by atoms with Crippen molar-refractivity contribution >= 4 is 23.4 Å². The Labute approximate surface area is 227 Å². The van der Waals surface area contributed by atoms with Gasteiger partial charge in [0.2, 0.25) is 11.8 Å². The van der Waals surface area contributed by atoms with Gasteiger partial charge in [0.05, 0.1) is 5.92 Å². The highest BCUT2D eigenvalue weighted by Crippen LogP contribution is 2.41. The zero-order chi connectivity index (χ0) is 27.3.